The van der Waals surface area contributed by atoms with Crippen molar-refractivity contribution in [3.05, 3.63) is 35.9 Å². The number of aliphatic carboxylic acids is 1. The average molecular weight is 216 g/mol. The fourth-order valence-corrected chi connectivity index (χ4v) is 0.788. The number of hydrogen-bond donors (Lipinski definition) is 1. The van der Waals surface area contributed by atoms with Gasteiger partial charge in [0.1, 0.15) is 11.6 Å². The number of halogens is 2. The van der Waals surface area contributed by atoms with Crippen LogP contribution < -0.4 is 0 Å². The van der Waals surface area contributed by atoms with Crippen molar-refractivity contribution in [3.63, 3.8) is 0 Å². The Morgan fingerprint density at radius 3 is 2.07 bits per heavy atom. The van der Waals surface area contributed by atoms with Crippen molar-refractivity contribution in [3.8, 4) is 0 Å². The second-order valence-corrected chi connectivity index (χ2v) is 2.94. The molecule has 0 atom stereocenters. The summed E-state index contributed by atoms with van der Waals surface area (Å²) in [6.45, 7) is 1.98. The van der Waals surface area contributed by atoms with Crippen LogP contribution in [0.3, 0.4) is 0 Å². The van der Waals surface area contributed by atoms with E-state index in [1.54, 1.807) is 0 Å². The Morgan fingerprint density at radius 1 is 1.33 bits per heavy atom. The van der Waals surface area contributed by atoms with Crippen LogP contribution >= 0.6 is 0 Å². The highest BCUT2D eigenvalue weighted by Gasteiger charge is 1.91. The molecule has 0 aromatic heterocycles. The van der Waals surface area contributed by atoms with E-state index >= 15 is 0 Å². The molecule has 4 heteroatoms. The zero-order chi connectivity index (χ0) is 11.7. The molecule has 15 heavy (non-hydrogen) atoms. The molecular formula is C11H14F2O2. The van der Waals surface area contributed by atoms with Crippen LogP contribution in [0.1, 0.15) is 26.2 Å². The first kappa shape index (κ1) is 13.5. The third-order valence-corrected chi connectivity index (χ3v) is 1.53. The summed E-state index contributed by atoms with van der Waals surface area (Å²) in [5.74, 6) is -1.77. The lowest BCUT2D eigenvalue weighted by molar-refractivity contribution is -0.137. The molecule has 0 aliphatic heterocycles. The molecule has 0 fully saturated rings. The zero-order valence-electron chi connectivity index (χ0n) is 8.54. The Hall–Kier alpha value is -1.45. The second-order valence-electron chi connectivity index (χ2n) is 2.94. The molecule has 0 spiro atoms. The first-order valence-electron chi connectivity index (χ1n) is 4.69. The molecule has 1 aromatic carbocycles. The molecule has 0 aliphatic carbocycles. The number of hydrogen-bond acceptors (Lipinski definition) is 1. The minimum atomic E-state index is -0.693. The van der Waals surface area contributed by atoms with E-state index in [1.165, 1.54) is 18.2 Å². The first-order valence-corrected chi connectivity index (χ1v) is 4.69. The summed E-state index contributed by atoms with van der Waals surface area (Å²) in [4.78, 5) is 9.76. The summed E-state index contributed by atoms with van der Waals surface area (Å²) < 4.78 is 23.9. The van der Waals surface area contributed by atoms with Gasteiger partial charge in [-0.05, 0) is 18.6 Å². The van der Waals surface area contributed by atoms with Gasteiger partial charge in [0.2, 0.25) is 0 Å². The number of carbonyl (C=O) groups is 1. The second kappa shape index (κ2) is 7.91. The summed E-state index contributed by atoms with van der Waals surface area (Å²) >= 11 is 0. The van der Waals surface area contributed by atoms with Gasteiger partial charge in [-0.15, -0.1) is 0 Å². The summed E-state index contributed by atoms with van der Waals surface area (Å²) in [6.07, 6.45) is 2.08. The van der Waals surface area contributed by atoms with Crippen LogP contribution in [-0.4, -0.2) is 11.1 Å². The molecule has 1 N–H and O–H groups in total. The van der Waals surface area contributed by atoms with Crippen LogP contribution in [-0.2, 0) is 4.79 Å². The van der Waals surface area contributed by atoms with Gasteiger partial charge >= 0.3 is 5.97 Å². The van der Waals surface area contributed by atoms with Crippen molar-refractivity contribution in [2.75, 3.05) is 0 Å². The first-order chi connectivity index (χ1) is 7.06. The summed E-state index contributed by atoms with van der Waals surface area (Å²) in [7, 11) is 0. The molecule has 1 rings (SSSR count). The van der Waals surface area contributed by atoms with E-state index in [0.29, 0.717) is 6.42 Å². The summed E-state index contributed by atoms with van der Waals surface area (Å²) in [5.41, 5.74) is 0. The molecule has 0 saturated heterocycles. The number of rotatable bonds is 3. The average Bonchev–Trinajstić information content (AvgIpc) is 2.15. The maximum Gasteiger partial charge on any atom is 0.303 e. The van der Waals surface area contributed by atoms with Gasteiger partial charge in [-0.25, -0.2) is 8.78 Å². The van der Waals surface area contributed by atoms with E-state index in [0.717, 1.165) is 18.9 Å². The van der Waals surface area contributed by atoms with Crippen molar-refractivity contribution in [2.24, 2.45) is 0 Å². The van der Waals surface area contributed by atoms with Crippen LogP contribution in [0.5, 0.6) is 0 Å². The smallest absolute Gasteiger partial charge is 0.303 e. The van der Waals surface area contributed by atoms with Gasteiger partial charge in [0.25, 0.3) is 0 Å². The van der Waals surface area contributed by atoms with E-state index in [4.69, 9.17) is 5.11 Å². The lowest BCUT2D eigenvalue weighted by atomic mass is 10.3. The van der Waals surface area contributed by atoms with Crippen LogP contribution in [0, 0.1) is 11.6 Å². The van der Waals surface area contributed by atoms with Crippen LogP contribution in [0.4, 0.5) is 8.78 Å². The summed E-state index contributed by atoms with van der Waals surface area (Å²) in [5, 5.41) is 8.04. The lowest BCUT2D eigenvalue weighted by Gasteiger charge is -1.85. The molecule has 2 nitrogen and oxygen atoms in total. The highest BCUT2D eigenvalue weighted by Crippen LogP contribution is 1.99. The number of carboxylic acids is 1. The van der Waals surface area contributed by atoms with E-state index in [9.17, 15) is 13.6 Å². The van der Waals surface area contributed by atoms with Crippen molar-refractivity contribution in [2.45, 2.75) is 26.2 Å². The highest BCUT2D eigenvalue weighted by atomic mass is 19.1. The summed E-state index contributed by atoms with van der Waals surface area (Å²) in [6, 6.07) is 4.55. The van der Waals surface area contributed by atoms with Gasteiger partial charge in [-0.2, -0.15) is 0 Å². The monoisotopic (exact) mass is 216 g/mol. The van der Waals surface area contributed by atoms with E-state index in [-0.39, 0.29) is 0 Å². The van der Waals surface area contributed by atoms with Gasteiger partial charge in [-0.3, -0.25) is 4.79 Å². The Kier molecular flexibility index (Phi) is 7.14. The maximum atomic E-state index is 11.9. The van der Waals surface area contributed by atoms with Gasteiger partial charge in [-0.1, -0.05) is 19.4 Å². The van der Waals surface area contributed by atoms with Crippen molar-refractivity contribution in [1.82, 2.24) is 0 Å². The largest absolute Gasteiger partial charge is 0.481 e. The third-order valence-electron chi connectivity index (χ3n) is 1.53. The number of unbranched alkanes of at least 4 members (excludes halogenated alkanes) is 1. The molecule has 0 bridgehead atoms. The topological polar surface area (TPSA) is 37.3 Å². The minimum Gasteiger partial charge on any atom is -0.481 e. The van der Waals surface area contributed by atoms with E-state index < -0.39 is 17.6 Å². The van der Waals surface area contributed by atoms with Gasteiger partial charge in [0.05, 0.1) is 0 Å². The van der Waals surface area contributed by atoms with Crippen LogP contribution in [0.15, 0.2) is 24.3 Å². The highest BCUT2D eigenvalue weighted by molar-refractivity contribution is 5.66. The molecular weight excluding hydrogens is 202 g/mol. The zero-order valence-corrected chi connectivity index (χ0v) is 8.54. The van der Waals surface area contributed by atoms with Crippen LogP contribution in [0.25, 0.3) is 0 Å². The molecule has 0 heterocycles. The molecule has 0 saturated carbocycles. The van der Waals surface area contributed by atoms with E-state index in [2.05, 4.69) is 0 Å². The molecule has 84 valence electrons. The Labute approximate surface area is 87.5 Å². The minimum absolute atomic E-state index is 0.316. The SMILES string of the molecule is CCCCC(=O)O.Fc1cccc(F)c1. The molecule has 0 aliphatic rings. The van der Waals surface area contributed by atoms with Gasteiger partial charge in [0, 0.05) is 12.5 Å². The van der Waals surface area contributed by atoms with Crippen molar-refractivity contribution < 1.29 is 18.7 Å². The lowest BCUT2D eigenvalue weighted by Crippen LogP contribution is -1.91. The normalized spacial score (nSPS) is 9.00. The van der Waals surface area contributed by atoms with Gasteiger partial charge in [0.15, 0.2) is 0 Å². The molecule has 0 unspecified atom stereocenters. The maximum absolute atomic E-state index is 11.9. The number of carboxylic acid groups (broad SMARTS) is 1. The fourth-order valence-electron chi connectivity index (χ4n) is 0.788. The standard InChI is InChI=1S/C6H4F2.C5H10O2/c7-5-2-1-3-6(8)4-5;1-2-3-4-5(6)7/h1-4H;2-4H2,1H3,(H,6,7). The predicted molar refractivity (Wildman–Crippen MR) is 53.5 cm³/mol. The Bertz CT molecular complexity index is 283. The Morgan fingerprint density at radius 2 is 1.87 bits per heavy atom. The van der Waals surface area contributed by atoms with Crippen molar-refractivity contribution in [1.29, 1.82) is 0 Å². The molecule has 1 aromatic rings. The fraction of sp³-hybridized carbons (Fsp3) is 0.364. The molecule has 0 amide bonds. The van der Waals surface area contributed by atoms with Crippen molar-refractivity contribution >= 4 is 5.97 Å². The Balaban J connectivity index is 0.000000265. The van der Waals surface area contributed by atoms with Crippen LogP contribution in [0.2, 0.25) is 0 Å². The number of benzene rings is 1. The quantitative estimate of drug-likeness (QED) is 0.842. The van der Waals surface area contributed by atoms with Gasteiger partial charge < -0.3 is 5.11 Å². The predicted octanol–water partition coefficient (Wildman–Crippen LogP) is 3.23. The molecule has 0 radical (unpaired) electrons. The third kappa shape index (κ3) is 8.87. The van der Waals surface area contributed by atoms with E-state index in [1.807, 2.05) is 6.92 Å².